The molecule has 2 aliphatic heterocycles. The fraction of sp³-hybridized carbons (Fsp3) is 0.533. The van der Waals surface area contributed by atoms with Crippen LogP contribution in [0.15, 0.2) is 12.1 Å². The number of imidazole rings is 1. The van der Waals surface area contributed by atoms with Crippen LogP contribution >= 0.6 is 0 Å². The van der Waals surface area contributed by atoms with Crippen LogP contribution in [0.25, 0.3) is 11.0 Å². The van der Waals surface area contributed by atoms with Crippen molar-refractivity contribution in [3.8, 4) is 11.5 Å². The highest BCUT2D eigenvalue weighted by atomic mass is 16.5. The molecule has 3 heterocycles. The molecule has 0 spiro atoms. The Morgan fingerprint density at radius 1 is 1.05 bits per heavy atom. The highest BCUT2D eigenvalue weighted by Gasteiger charge is 2.33. The third-order valence-electron chi connectivity index (χ3n) is 4.21. The molecule has 0 unspecified atom stereocenters. The second-order valence-corrected chi connectivity index (χ2v) is 5.72. The number of aromatic amines is 1. The molecule has 1 fully saturated rings. The monoisotopic (exact) mass is 289 g/mol. The molecule has 0 aliphatic carbocycles. The van der Waals surface area contributed by atoms with Gasteiger partial charge in [-0.1, -0.05) is 0 Å². The number of nitrogens with one attached hydrogen (secondary N) is 1. The van der Waals surface area contributed by atoms with Crippen LogP contribution in [0.5, 0.6) is 11.5 Å². The molecule has 21 heavy (non-hydrogen) atoms. The molecule has 112 valence electrons. The number of ether oxygens (including phenoxy) is 3. The molecule has 0 radical (unpaired) electrons. The Hall–Kier alpha value is -1.79. The van der Waals surface area contributed by atoms with Crippen molar-refractivity contribution in [2.24, 2.45) is 5.73 Å². The van der Waals surface area contributed by atoms with E-state index in [0.29, 0.717) is 26.4 Å². The molecule has 3 N–H and O–H groups in total. The molecule has 2 aromatic rings. The number of nitrogens with zero attached hydrogens (tertiary/aromatic N) is 1. The number of H-pyrrole nitrogens is 1. The van der Waals surface area contributed by atoms with Gasteiger partial charge < -0.3 is 24.9 Å². The normalized spacial score (nSPS) is 21.2. The van der Waals surface area contributed by atoms with Crippen molar-refractivity contribution in [1.29, 1.82) is 0 Å². The van der Waals surface area contributed by atoms with E-state index in [0.717, 1.165) is 47.6 Å². The quantitative estimate of drug-likeness (QED) is 0.834. The number of benzene rings is 1. The summed E-state index contributed by atoms with van der Waals surface area (Å²) in [6, 6.07) is 3.88. The van der Waals surface area contributed by atoms with Gasteiger partial charge in [0.1, 0.15) is 5.82 Å². The molecule has 0 atom stereocenters. The van der Waals surface area contributed by atoms with Crippen LogP contribution in [0.1, 0.15) is 25.1 Å². The highest BCUT2D eigenvalue weighted by Crippen LogP contribution is 2.35. The summed E-state index contributed by atoms with van der Waals surface area (Å²) in [6.45, 7) is 2.71. The molecule has 1 aromatic heterocycles. The Bertz CT molecular complexity index is 618. The lowest BCUT2D eigenvalue weighted by Gasteiger charge is -2.31. The van der Waals surface area contributed by atoms with Gasteiger partial charge in [-0.2, -0.15) is 0 Å². The van der Waals surface area contributed by atoms with Gasteiger partial charge in [-0.15, -0.1) is 0 Å². The lowest BCUT2D eigenvalue weighted by Crippen LogP contribution is -2.43. The fourth-order valence-corrected chi connectivity index (χ4v) is 2.87. The Balaban J connectivity index is 1.76. The summed E-state index contributed by atoms with van der Waals surface area (Å²) in [5, 5.41) is 0. The first kappa shape index (κ1) is 12.9. The van der Waals surface area contributed by atoms with Crippen molar-refractivity contribution in [3.63, 3.8) is 0 Å². The highest BCUT2D eigenvalue weighted by molar-refractivity contribution is 5.80. The first-order valence-electron chi connectivity index (χ1n) is 7.41. The minimum absolute atomic E-state index is 0.434. The maximum Gasteiger partial charge on any atom is 0.163 e. The Morgan fingerprint density at radius 2 is 1.76 bits per heavy atom. The first-order chi connectivity index (χ1) is 10.2. The van der Waals surface area contributed by atoms with Crippen LogP contribution in [-0.2, 0) is 10.3 Å². The number of nitrogens with two attached hydrogens (primary N) is 1. The largest absolute Gasteiger partial charge is 0.489 e. The number of hydrogen-bond acceptors (Lipinski definition) is 5. The van der Waals surface area contributed by atoms with Gasteiger partial charge in [0.05, 0.1) is 29.8 Å². The Labute approximate surface area is 122 Å². The van der Waals surface area contributed by atoms with E-state index in [1.54, 1.807) is 0 Å². The summed E-state index contributed by atoms with van der Waals surface area (Å²) < 4.78 is 16.8. The van der Waals surface area contributed by atoms with Crippen molar-refractivity contribution in [2.75, 3.05) is 26.4 Å². The lowest BCUT2D eigenvalue weighted by molar-refractivity contribution is 0.0496. The van der Waals surface area contributed by atoms with Crippen molar-refractivity contribution in [1.82, 2.24) is 9.97 Å². The summed E-state index contributed by atoms with van der Waals surface area (Å²) in [5.41, 5.74) is 7.85. The average molecular weight is 289 g/mol. The van der Waals surface area contributed by atoms with E-state index in [-0.39, 0.29) is 0 Å². The van der Waals surface area contributed by atoms with Gasteiger partial charge in [0.15, 0.2) is 11.5 Å². The van der Waals surface area contributed by atoms with Crippen molar-refractivity contribution in [2.45, 2.75) is 24.8 Å². The van der Waals surface area contributed by atoms with E-state index in [2.05, 4.69) is 9.97 Å². The molecule has 1 aromatic carbocycles. The van der Waals surface area contributed by atoms with Gasteiger partial charge in [0.2, 0.25) is 0 Å². The molecular formula is C15H19N3O3. The van der Waals surface area contributed by atoms with Gasteiger partial charge in [0.25, 0.3) is 0 Å². The second-order valence-electron chi connectivity index (χ2n) is 5.72. The van der Waals surface area contributed by atoms with E-state index in [4.69, 9.17) is 19.9 Å². The Morgan fingerprint density at radius 3 is 2.52 bits per heavy atom. The third kappa shape index (κ3) is 2.24. The van der Waals surface area contributed by atoms with Gasteiger partial charge in [-0.25, -0.2) is 4.98 Å². The summed E-state index contributed by atoms with van der Waals surface area (Å²) in [4.78, 5) is 8.02. The van der Waals surface area contributed by atoms with E-state index < -0.39 is 5.54 Å². The number of rotatable bonds is 1. The minimum atomic E-state index is -0.434. The molecule has 0 saturated carbocycles. The van der Waals surface area contributed by atoms with Crippen LogP contribution in [-0.4, -0.2) is 36.4 Å². The zero-order chi connectivity index (χ0) is 14.3. The number of fused-ring (bicyclic) bond motifs is 2. The van der Waals surface area contributed by atoms with Gasteiger partial charge in [-0.05, 0) is 12.8 Å². The fourth-order valence-electron chi connectivity index (χ4n) is 2.87. The standard InChI is InChI=1S/C15H19N3O3/c16-15(2-6-19-7-3-15)14-17-10-8-12-13(9-11(10)18-14)21-5-1-4-20-12/h8-9H,1-7,16H2,(H,17,18). The molecular weight excluding hydrogens is 270 g/mol. The first-order valence-corrected chi connectivity index (χ1v) is 7.41. The maximum absolute atomic E-state index is 6.49. The summed E-state index contributed by atoms with van der Waals surface area (Å²) >= 11 is 0. The van der Waals surface area contributed by atoms with Crippen LogP contribution in [0.4, 0.5) is 0 Å². The van der Waals surface area contributed by atoms with Crippen LogP contribution in [0, 0.1) is 0 Å². The van der Waals surface area contributed by atoms with Gasteiger partial charge in [0, 0.05) is 31.8 Å². The predicted molar refractivity (Wildman–Crippen MR) is 77.6 cm³/mol. The SMILES string of the molecule is NC1(c2nc3cc4c(cc3[nH]2)OCCCO4)CCOCC1. The van der Waals surface area contributed by atoms with Crippen LogP contribution < -0.4 is 15.2 Å². The summed E-state index contributed by atoms with van der Waals surface area (Å²) in [6.07, 6.45) is 2.45. The van der Waals surface area contributed by atoms with E-state index >= 15 is 0 Å². The second kappa shape index (κ2) is 4.89. The Kier molecular flexibility index (Phi) is 3.01. The topological polar surface area (TPSA) is 82.4 Å². The average Bonchev–Trinajstić information content (AvgIpc) is 2.78. The van der Waals surface area contributed by atoms with Crippen LogP contribution in [0.2, 0.25) is 0 Å². The smallest absolute Gasteiger partial charge is 0.163 e. The molecule has 0 bridgehead atoms. The molecule has 6 nitrogen and oxygen atoms in total. The molecule has 0 amide bonds. The van der Waals surface area contributed by atoms with Crippen molar-refractivity contribution >= 4 is 11.0 Å². The summed E-state index contributed by atoms with van der Waals surface area (Å²) in [5.74, 6) is 2.35. The number of hydrogen-bond donors (Lipinski definition) is 2. The van der Waals surface area contributed by atoms with E-state index in [1.165, 1.54) is 0 Å². The van der Waals surface area contributed by atoms with Gasteiger partial charge >= 0.3 is 0 Å². The summed E-state index contributed by atoms with van der Waals surface area (Å²) in [7, 11) is 0. The molecule has 4 rings (SSSR count). The zero-order valence-corrected chi connectivity index (χ0v) is 11.9. The zero-order valence-electron chi connectivity index (χ0n) is 11.9. The van der Waals surface area contributed by atoms with Gasteiger partial charge in [-0.3, -0.25) is 0 Å². The van der Waals surface area contributed by atoms with Crippen molar-refractivity contribution in [3.05, 3.63) is 18.0 Å². The maximum atomic E-state index is 6.49. The van der Waals surface area contributed by atoms with E-state index in [9.17, 15) is 0 Å². The van der Waals surface area contributed by atoms with E-state index in [1.807, 2.05) is 12.1 Å². The molecule has 2 aliphatic rings. The predicted octanol–water partition coefficient (Wildman–Crippen LogP) is 1.69. The number of aromatic nitrogens is 2. The third-order valence-corrected chi connectivity index (χ3v) is 4.21. The van der Waals surface area contributed by atoms with Crippen LogP contribution in [0.3, 0.4) is 0 Å². The van der Waals surface area contributed by atoms with Crippen molar-refractivity contribution < 1.29 is 14.2 Å². The lowest BCUT2D eigenvalue weighted by atomic mass is 9.91. The molecule has 1 saturated heterocycles. The minimum Gasteiger partial charge on any atom is -0.489 e. The molecule has 6 heteroatoms.